The molecule has 7 heteroatoms. The topological polar surface area (TPSA) is 66.0 Å². The molecule has 1 aliphatic heterocycles. The zero-order chi connectivity index (χ0) is 18.9. The molecule has 3 rings (SSSR count). The van der Waals surface area contributed by atoms with Gasteiger partial charge in [0.15, 0.2) is 5.96 Å². The summed E-state index contributed by atoms with van der Waals surface area (Å²) in [5.41, 5.74) is 1.27. The lowest BCUT2D eigenvalue weighted by molar-refractivity contribution is -0.148. The van der Waals surface area contributed by atoms with E-state index in [0.717, 1.165) is 44.7 Å². The van der Waals surface area contributed by atoms with Crippen LogP contribution in [0.15, 0.2) is 35.3 Å². The number of anilines is 1. The number of rotatable bonds is 7. The van der Waals surface area contributed by atoms with E-state index in [1.807, 2.05) is 6.07 Å². The SMILES string of the molecule is CN=C(NCCCC(=O)OC1CCCC1)NC1CCN(c2ccccc2)C1.I. The molecule has 0 radical (unpaired) electrons. The Hall–Kier alpha value is -1.51. The van der Waals surface area contributed by atoms with Crippen LogP contribution in [0.4, 0.5) is 5.69 Å². The van der Waals surface area contributed by atoms with Crippen LogP contribution in [-0.2, 0) is 9.53 Å². The smallest absolute Gasteiger partial charge is 0.306 e. The number of para-hydroxylation sites is 1. The van der Waals surface area contributed by atoms with Crippen LogP contribution in [0.5, 0.6) is 0 Å². The predicted octanol–water partition coefficient (Wildman–Crippen LogP) is 3.31. The predicted molar refractivity (Wildman–Crippen MR) is 125 cm³/mol. The Kier molecular flexibility index (Phi) is 9.87. The van der Waals surface area contributed by atoms with Gasteiger partial charge in [-0.2, -0.15) is 0 Å². The summed E-state index contributed by atoms with van der Waals surface area (Å²) in [6.45, 7) is 2.73. The van der Waals surface area contributed by atoms with E-state index in [1.54, 1.807) is 7.05 Å². The number of benzene rings is 1. The minimum absolute atomic E-state index is 0. The second-order valence-electron chi connectivity index (χ2n) is 7.41. The Labute approximate surface area is 185 Å². The van der Waals surface area contributed by atoms with Crippen LogP contribution in [0.1, 0.15) is 44.9 Å². The molecular formula is C21H33IN4O2. The lowest BCUT2D eigenvalue weighted by atomic mass is 10.2. The van der Waals surface area contributed by atoms with Gasteiger partial charge in [0.1, 0.15) is 6.10 Å². The van der Waals surface area contributed by atoms with Crippen molar-refractivity contribution < 1.29 is 9.53 Å². The van der Waals surface area contributed by atoms with Crippen LogP contribution >= 0.6 is 24.0 Å². The Morgan fingerprint density at radius 2 is 1.96 bits per heavy atom. The molecule has 1 aromatic rings. The third-order valence-electron chi connectivity index (χ3n) is 5.32. The summed E-state index contributed by atoms with van der Waals surface area (Å²) in [7, 11) is 1.79. The lowest BCUT2D eigenvalue weighted by Gasteiger charge is -2.20. The molecule has 1 unspecified atom stereocenters. The summed E-state index contributed by atoms with van der Waals surface area (Å²) in [6, 6.07) is 10.9. The van der Waals surface area contributed by atoms with Crippen LogP contribution in [0.3, 0.4) is 0 Å². The fourth-order valence-corrected chi connectivity index (χ4v) is 3.83. The minimum Gasteiger partial charge on any atom is -0.462 e. The van der Waals surface area contributed by atoms with Crippen molar-refractivity contribution in [2.75, 3.05) is 31.6 Å². The summed E-state index contributed by atoms with van der Waals surface area (Å²) in [6.07, 6.45) is 6.90. The Morgan fingerprint density at radius 1 is 1.21 bits per heavy atom. The molecule has 0 spiro atoms. The first-order chi connectivity index (χ1) is 13.2. The van der Waals surface area contributed by atoms with Crippen LogP contribution < -0.4 is 15.5 Å². The van der Waals surface area contributed by atoms with Crippen LogP contribution in [0, 0.1) is 0 Å². The highest BCUT2D eigenvalue weighted by Crippen LogP contribution is 2.21. The number of ether oxygens (including phenoxy) is 1. The number of nitrogens with zero attached hydrogens (tertiary/aromatic N) is 2. The van der Waals surface area contributed by atoms with Gasteiger partial charge in [-0.15, -0.1) is 24.0 Å². The van der Waals surface area contributed by atoms with Crippen molar-refractivity contribution in [3.05, 3.63) is 30.3 Å². The van der Waals surface area contributed by atoms with Crippen molar-refractivity contribution in [2.45, 2.75) is 57.1 Å². The van der Waals surface area contributed by atoms with Gasteiger partial charge in [0.05, 0.1) is 0 Å². The summed E-state index contributed by atoms with van der Waals surface area (Å²) in [5.74, 6) is 0.736. The molecule has 1 aliphatic carbocycles. The maximum absolute atomic E-state index is 11.9. The molecule has 0 amide bonds. The van der Waals surface area contributed by atoms with Gasteiger partial charge in [-0.1, -0.05) is 18.2 Å². The normalized spacial score (nSPS) is 20.0. The van der Waals surface area contributed by atoms with Crippen molar-refractivity contribution >= 4 is 41.6 Å². The highest BCUT2D eigenvalue weighted by Gasteiger charge is 2.23. The maximum atomic E-state index is 11.9. The molecule has 0 aromatic heterocycles. The van der Waals surface area contributed by atoms with Crippen LogP contribution in [-0.4, -0.2) is 50.8 Å². The van der Waals surface area contributed by atoms with Crippen molar-refractivity contribution in [3.8, 4) is 0 Å². The molecular weight excluding hydrogens is 467 g/mol. The molecule has 1 heterocycles. The zero-order valence-corrected chi connectivity index (χ0v) is 19.1. The highest BCUT2D eigenvalue weighted by atomic mass is 127. The number of aliphatic imine (C=N–C) groups is 1. The third kappa shape index (κ3) is 7.14. The van der Waals surface area contributed by atoms with Gasteiger partial charge < -0.3 is 20.3 Å². The minimum atomic E-state index is -0.0686. The highest BCUT2D eigenvalue weighted by molar-refractivity contribution is 14.0. The molecule has 2 fully saturated rings. The number of carbonyl (C=O) groups is 1. The van der Waals surface area contributed by atoms with E-state index in [0.29, 0.717) is 19.0 Å². The fraction of sp³-hybridized carbons (Fsp3) is 0.619. The van der Waals surface area contributed by atoms with E-state index >= 15 is 0 Å². The number of hydrogen-bond donors (Lipinski definition) is 2. The average molecular weight is 500 g/mol. The number of carbonyl (C=O) groups excluding carboxylic acids is 1. The molecule has 1 atom stereocenters. The summed E-state index contributed by atoms with van der Waals surface area (Å²) < 4.78 is 5.49. The van der Waals surface area contributed by atoms with Gasteiger partial charge >= 0.3 is 5.97 Å². The molecule has 1 aromatic carbocycles. The first-order valence-corrected chi connectivity index (χ1v) is 10.2. The van der Waals surface area contributed by atoms with Gasteiger partial charge in [0.25, 0.3) is 0 Å². The zero-order valence-electron chi connectivity index (χ0n) is 16.7. The van der Waals surface area contributed by atoms with Gasteiger partial charge in [0, 0.05) is 44.8 Å². The van der Waals surface area contributed by atoms with Crippen molar-refractivity contribution in [1.29, 1.82) is 0 Å². The first-order valence-electron chi connectivity index (χ1n) is 10.2. The number of nitrogens with one attached hydrogen (secondary N) is 2. The quantitative estimate of drug-likeness (QED) is 0.198. The van der Waals surface area contributed by atoms with Gasteiger partial charge in [-0.3, -0.25) is 9.79 Å². The molecule has 1 saturated carbocycles. The monoisotopic (exact) mass is 500 g/mol. The summed E-state index contributed by atoms with van der Waals surface area (Å²) in [5, 5.41) is 6.81. The lowest BCUT2D eigenvalue weighted by Crippen LogP contribution is -2.44. The largest absolute Gasteiger partial charge is 0.462 e. The number of halogens is 1. The molecule has 156 valence electrons. The Balaban J connectivity index is 0.00000280. The fourth-order valence-electron chi connectivity index (χ4n) is 3.83. The molecule has 28 heavy (non-hydrogen) atoms. The van der Waals surface area contributed by atoms with E-state index in [1.165, 1.54) is 18.5 Å². The molecule has 0 bridgehead atoms. The van der Waals surface area contributed by atoms with E-state index < -0.39 is 0 Å². The van der Waals surface area contributed by atoms with Crippen molar-refractivity contribution in [3.63, 3.8) is 0 Å². The number of guanidine groups is 1. The van der Waals surface area contributed by atoms with E-state index in [4.69, 9.17) is 4.74 Å². The van der Waals surface area contributed by atoms with E-state index in [9.17, 15) is 4.79 Å². The Bertz CT molecular complexity index is 620. The van der Waals surface area contributed by atoms with E-state index in [-0.39, 0.29) is 36.0 Å². The number of hydrogen-bond acceptors (Lipinski definition) is 4. The molecule has 2 aliphatic rings. The van der Waals surface area contributed by atoms with Crippen LogP contribution in [0.2, 0.25) is 0 Å². The maximum Gasteiger partial charge on any atom is 0.306 e. The first kappa shape index (κ1) is 22.8. The van der Waals surface area contributed by atoms with Crippen molar-refractivity contribution in [2.24, 2.45) is 4.99 Å². The van der Waals surface area contributed by atoms with Gasteiger partial charge in [-0.25, -0.2) is 0 Å². The molecule has 6 nitrogen and oxygen atoms in total. The average Bonchev–Trinajstić information content (AvgIpc) is 3.37. The molecule has 2 N–H and O–H groups in total. The van der Waals surface area contributed by atoms with Crippen LogP contribution in [0.25, 0.3) is 0 Å². The van der Waals surface area contributed by atoms with E-state index in [2.05, 4.69) is 44.8 Å². The molecule has 1 saturated heterocycles. The third-order valence-corrected chi connectivity index (χ3v) is 5.32. The van der Waals surface area contributed by atoms with Gasteiger partial charge in [0.2, 0.25) is 0 Å². The standard InChI is InChI=1S/C21H32N4O2.HI/c1-22-21(23-14-7-12-20(26)27-19-10-5-6-11-19)24-17-13-15-25(16-17)18-8-3-2-4-9-18;/h2-4,8-9,17,19H,5-7,10-16H2,1H3,(H2,22,23,24);1H. The summed E-state index contributed by atoms with van der Waals surface area (Å²) in [4.78, 5) is 18.6. The second-order valence-corrected chi connectivity index (χ2v) is 7.41. The summed E-state index contributed by atoms with van der Waals surface area (Å²) >= 11 is 0. The van der Waals surface area contributed by atoms with Crippen molar-refractivity contribution in [1.82, 2.24) is 10.6 Å². The Morgan fingerprint density at radius 3 is 2.68 bits per heavy atom. The second kappa shape index (κ2) is 12.1. The van der Waals surface area contributed by atoms with Gasteiger partial charge in [-0.05, 0) is 50.7 Å². The number of esters is 1.